The van der Waals surface area contributed by atoms with Crippen LogP contribution >= 0.6 is 11.6 Å². The molecule has 0 aliphatic heterocycles. The lowest BCUT2D eigenvalue weighted by molar-refractivity contribution is -0.139. The molecule has 0 saturated carbocycles. The number of alkyl halides is 1. The second-order valence-electron chi connectivity index (χ2n) is 6.06. The minimum Gasteiger partial charge on any atom is -0.480 e. The standard InChI is InChI=1S/C16H23ClN2O4/c1-16(2,3)23-15(22)19-13(14(20)21)10-11-5-4-6-12(9-11)18-8-7-17/h4-6,9,13,18H,7-8,10H2,1-3H3,(H,19,22)(H,20,21). The number of ether oxygens (including phenoxy) is 1. The van der Waals surface area contributed by atoms with Gasteiger partial charge in [0.05, 0.1) is 0 Å². The van der Waals surface area contributed by atoms with Gasteiger partial charge in [-0.3, -0.25) is 0 Å². The van der Waals surface area contributed by atoms with Crippen molar-refractivity contribution in [2.45, 2.75) is 38.8 Å². The lowest BCUT2D eigenvalue weighted by Gasteiger charge is -2.22. The van der Waals surface area contributed by atoms with Crippen molar-refractivity contribution < 1.29 is 19.4 Å². The summed E-state index contributed by atoms with van der Waals surface area (Å²) in [7, 11) is 0. The number of carbonyl (C=O) groups excluding carboxylic acids is 1. The van der Waals surface area contributed by atoms with E-state index in [9.17, 15) is 14.7 Å². The van der Waals surface area contributed by atoms with Crippen molar-refractivity contribution in [3.63, 3.8) is 0 Å². The summed E-state index contributed by atoms with van der Waals surface area (Å²) in [5.41, 5.74) is 0.955. The van der Waals surface area contributed by atoms with E-state index in [2.05, 4.69) is 10.6 Å². The van der Waals surface area contributed by atoms with E-state index in [0.717, 1.165) is 11.3 Å². The molecule has 6 nitrogen and oxygen atoms in total. The molecule has 3 N–H and O–H groups in total. The lowest BCUT2D eigenvalue weighted by atomic mass is 10.1. The smallest absolute Gasteiger partial charge is 0.408 e. The normalized spacial score (nSPS) is 12.3. The quantitative estimate of drug-likeness (QED) is 0.663. The maximum atomic E-state index is 11.7. The van der Waals surface area contributed by atoms with Gasteiger partial charge in [0.15, 0.2) is 0 Å². The third-order valence-electron chi connectivity index (χ3n) is 2.78. The van der Waals surface area contributed by atoms with E-state index >= 15 is 0 Å². The van der Waals surface area contributed by atoms with Gasteiger partial charge in [0.2, 0.25) is 0 Å². The van der Waals surface area contributed by atoms with Crippen LogP contribution in [0.25, 0.3) is 0 Å². The predicted molar refractivity (Wildman–Crippen MR) is 90.1 cm³/mol. The topological polar surface area (TPSA) is 87.7 Å². The highest BCUT2D eigenvalue weighted by molar-refractivity contribution is 6.18. The average Bonchev–Trinajstić information content (AvgIpc) is 2.42. The Kier molecular flexibility index (Phi) is 7.16. The Morgan fingerprint density at radius 1 is 1.35 bits per heavy atom. The fourth-order valence-corrected chi connectivity index (χ4v) is 1.98. The maximum Gasteiger partial charge on any atom is 0.408 e. The molecular weight excluding hydrogens is 320 g/mol. The van der Waals surface area contributed by atoms with Crippen LogP contribution in [-0.2, 0) is 16.0 Å². The van der Waals surface area contributed by atoms with Crippen LogP contribution in [0.4, 0.5) is 10.5 Å². The van der Waals surface area contributed by atoms with Crippen LogP contribution in [0.3, 0.4) is 0 Å². The largest absolute Gasteiger partial charge is 0.480 e. The zero-order valence-corrected chi connectivity index (χ0v) is 14.3. The number of nitrogens with one attached hydrogen (secondary N) is 2. The molecule has 1 atom stereocenters. The van der Waals surface area contributed by atoms with Crippen LogP contribution in [0.15, 0.2) is 24.3 Å². The molecule has 1 aromatic rings. The fourth-order valence-electron chi connectivity index (χ4n) is 1.89. The fraction of sp³-hybridized carbons (Fsp3) is 0.500. The van der Waals surface area contributed by atoms with E-state index in [-0.39, 0.29) is 6.42 Å². The zero-order valence-electron chi connectivity index (χ0n) is 13.6. The Hall–Kier alpha value is -1.95. The molecule has 7 heteroatoms. The van der Waals surface area contributed by atoms with E-state index in [1.165, 1.54) is 0 Å². The molecule has 0 aliphatic rings. The summed E-state index contributed by atoms with van der Waals surface area (Å²) in [6, 6.07) is 6.26. The number of carbonyl (C=O) groups is 2. The maximum absolute atomic E-state index is 11.7. The number of anilines is 1. The summed E-state index contributed by atoms with van der Waals surface area (Å²) < 4.78 is 5.09. The molecule has 0 fully saturated rings. The third-order valence-corrected chi connectivity index (χ3v) is 2.97. The minimum absolute atomic E-state index is 0.158. The molecule has 23 heavy (non-hydrogen) atoms. The first-order chi connectivity index (χ1) is 10.7. The first kappa shape index (κ1) is 19.1. The van der Waals surface area contributed by atoms with E-state index in [1.807, 2.05) is 18.2 Å². The van der Waals surface area contributed by atoms with Crippen molar-refractivity contribution in [1.29, 1.82) is 0 Å². The van der Waals surface area contributed by atoms with Gasteiger partial charge in [0, 0.05) is 24.5 Å². The summed E-state index contributed by atoms with van der Waals surface area (Å²) in [6.07, 6.45) is -0.591. The molecule has 128 valence electrons. The van der Waals surface area contributed by atoms with Gasteiger partial charge in [-0.05, 0) is 38.5 Å². The van der Waals surface area contributed by atoms with Crippen LogP contribution in [0, 0.1) is 0 Å². The van der Waals surface area contributed by atoms with Crippen LogP contribution in [0.1, 0.15) is 26.3 Å². The summed E-state index contributed by atoms with van der Waals surface area (Å²) in [4.78, 5) is 23.1. The molecule has 0 saturated heterocycles. The number of amides is 1. The molecule has 1 rings (SSSR count). The SMILES string of the molecule is CC(C)(C)OC(=O)NC(Cc1cccc(NCCCl)c1)C(=O)O. The second-order valence-corrected chi connectivity index (χ2v) is 6.44. The second kappa shape index (κ2) is 8.62. The summed E-state index contributed by atoms with van der Waals surface area (Å²) in [5, 5.41) is 14.8. The van der Waals surface area contributed by atoms with Gasteiger partial charge in [0.25, 0.3) is 0 Å². The summed E-state index contributed by atoms with van der Waals surface area (Å²) in [5.74, 6) is -0.641. The van der Waals surface area contributed by atoms with Crippen LogP contribution in [-0.4, -0.2) is 41.2 Å². The monoisotopic (exact) mass is 342 g/mol. The highest BCUT2D eigenvalue weighted by Crippen LogP contribution is 2.13. The van der Waals surface area contributed by atoms with Crippen molar-refractivity contribution in [2.75, 3.05) is 17.7 Å². The first-order valence-corrected chi connectivity index (χ1v) is 7.86. The molecule has 0 radical (unpaired) electrons. The van der Waals surface area contributed by atoms with Gasteiger partial charge in [-0.25, -0.2) is 9.59 Å². The zero-order chi connectivity index (χ0) is 17.5. The van der Waals surface area contributed by atoms with Gasteiger partial charge in [-0.2, -0.15) is 0 Å². The predicted octanol–water partition coefficient (Wildman–Crippen LogP) is 2.86. The Labute approximate surface area is 141 Å². The lowest BCUT2D eigenvalue weighted by Crippen LogP contribution is -2.44. The Morgan fingerprint density at radius 3 is 2.61 bits per heavy atom. The number of halogens is 1. The van der Waals surface area contributed by atoms with E-state index in [0.29, 0.717) is 12.4 Å². The molecule has 1 aromatic carbocycles. The number of rotatable bonds is 7. The van der Waals surface area contributed by atoms with E-state index in [1.54, 1.807) is 26.8 Å². The van der Waals surface area contributed by atoms with Crippen LogP contribution in [0.5, 0.6) is 0 Å². The van der Waals surface area contributed by atoms with Crippen molar-refractivity contribution >= 4 is 29.4 Å². The molecule has 0 bridgehead atoms. The molecule has 0 spiro atoms. The number of carboxylic acids is 1. The Balaban J connectivity index is 2.72. The van der Waals surface area contributed by atoms with Crippen LogP contribution in [0.2, 0.25) is 0 Å². The van der Waals surface area contributed by atoms with Crippen LogP contribution < -0.4 is 10.6 Å². The highest BCUT2D eigenvalue weighted by atomic mass is 35.5. The first-order valence-electron chi connectivity index (χ1n) is 7.32. The Bertz CT molecular complexity index is 543. The number of alkyl carbamates (subject to hydrolysis) is 1. The van der Waals surface area contributed by atoms with E-state index in [4.69, 9.17) is 16.3 Å². The molecular formula is C16H23ClN2O4. The van der Waals surface area contributed by atoms with Crippen molar-refractivity contribution in [3.05, 3.63) is 29.8 Å². The third kappa shape index (κ3) is 7.74. The van der Waals surface area contributed by atoms with Gasteiger partial charge < -0.3 is 20.5 Å². The van der Waals surface area contributed by atoms with Crippen molar-refractivity contribution in [3.8, 4) is 0 Å². The van der Waals surface area contributed by atoms with Gasteiger partial charge in [0.1, 0.15) is 11.6 Å². The number of benzene rings is 1. The molecule has 1 amide bonds. The number of hydrogen-bond donors (Lipinski definition) is 3. The van der Waals surface area contributed by atoms with Crippen molar-refractivity contribution in [2.24, 2.45) is 0 Å². The van der Waals surface area contributed by atoms with Gasteiger partial charge in [-0.15, -0.1) is 11.6 Å². The molecule has 0 heterocycles. The number of carboxylic acid groups (broad SMARTS) is 1. The molecule has 0 aromatic heterocycles. The minimum atomic E-state index is -1.12. The van der Waals surface area contributed by atoms with Crippen molar-refractivity contribution in [1.82, 2.24) is 5.32 Å². The number of hydrogen-bond acceptors (Lipinski definition) is 4. The highest BCUT2D eigenvalue weighted by Gasteiger charge is 2.24. The molecule has 1 unspecified atom stereocenters. The Morgan fingerprint density at radius 2 is 2.04 bits per heavy atom. The number of aliphatic carboxylic acids is 1. The summed E-state index contributed by atoms with van der Waals surface area (Å²) >= 11 is 5.63. The van der Waals surface area contributed by atoms with Gasteiger partial charge >= 0.3 is 12.1 Å². The van der Waals surface area contributed by atoms with Gasteiger partial charge in [-0.1, -0.05) is 12.1 Å². The summed E-state index contributed by atoms with van der Waals surface area (Å²) in [6.45, 7) is 5.76. The van der Waals surface area contributed by atoms with E-state index < -0.39 is 23.7 Å². The molecule has 0 aliphatic carbocycles. The average molecular weight is 343 g/mol.